The molecule has 5 atom stereocenters. The van der Waals surface area contributed by atoms with Crippen LogP contribution in [0.4, 0.5) is 4.79 Å². The highest BCUT2D eigenvalue weighted by Gasteiger charge is 2.42. The fourth-order valence-corrected chi connectivity index (χ4v) is 13.5. The van der Waals surface area contributed by atoms with E-state index in [-0.39, 0.29) is 23.7 Å². The molecule has 16 heteroatoms. The molecule has 75 heavy (non-hydrogen) atoms. The molecule has 0 aromatic heterocycles. The summed E-state index contributed by atoms with van der Waals surface area (Å²) in [5, 5.41) is 0. The maximum absolute atomic E-state index is 11.7. The zero-order valence-corrected chi connectivity index (χ0v) is 49.7. The van der Waals surface area contributed by atoms with Crippen LogP contribution in [0.5, 0.6) is 0 Å². The minimum Gasteiger partial charge on any atom is -0.450 e. The largest absolute Gasteiger partial charge is 0.450 e. The van der Waals surface area contributed by atoms with E-state index in [1.807, 2.05) is 11.8 Å². The first-order chi connectivity index (χ1) is 35.9. The Labute approximate surface area is 458 Å². The van der Waals surface area contributed by atoms with Gasteiger partial charge in [0.15, 0.2) is 5.79 Å². The van der Waals surface area contributed by atoms with Gasteiger partial charge in [0, 0.05) is 165 Å². The lowest BCUT2D eigenvalue weighted by atomic mass is 9.93. The molecule has 2 N–H and O–H groups in total. The Hall–Kier alpha value is -2.12. The van der Waals surface area contributed by atoms with Gasteiger partial charge in [-0.3, -0.25) is 44.0 Å². The van der Waals surface area contributed by atoms with E-state index in [9.17, 15) is 9.59 Å². The molecule has 9 aliphatic heterocycles. The average molecular weight is 1060 g/mol. The lowest BCUT2D eigenvalue weighted by Crippen LogP contribution is -2.56. The number of likely N-dealkylation sites (tertiary alicyclic amines) is 6. The molecule has 0 aliphatic carbocycles. The quantitative estimate of drug-likeness (QED) is 0.246. The van der Waals surface area contributed by atoms with E-state index in [0.29, 0.717) is 42.9 Å². The highest BCUT2D eigenvalue weighted by molar-refractivity contribution is 5.77. The minimum absolute atomic E-state index is 0.0770. The molecule has 9 heterocycles. The van der Waals surface area contributed by atoms with Gasteiger partial charge in [-0.15, -0.1) is 0 Å². The maximum atomic E-state index is 11.7. The molecular weight excluding hydrogens is 943 g/mol. The highest BCUT2D eigenvalue weighted by atomic mass is 16.7. The smallest absolute Gasteiger partial charge is 0.409 e. The molecule has 0 bridgehead atoms. The van der Waals surface area contributed by atoms with Crippen molar-refractivity contribution in [2.45, 2.75) is 200 Å². The first-order valence-corrected chi connectivity index (χ1v) is 30.8. The van der Waals surface area contributed by atoms with E-state index < -0.39 is 0 Å². The number of allylic oxidation sites excluding steroid dienone is 1. The first-order valence-electron chi connectivity index (χ1n) is 30.8. The van der Waals surface area contributed by atoms with E-state index >= 15 is 0 Å². The molecule has 434 valence electrons. The summed E-state index contributed by atoms with van der Waals surface area (Å²) < 4.78 is 16.7. The molecular formula is C59H113N11O5. The predicted octanol–water partition coefficient (Wildman–Crippen LogP) is 6.40. The summed E-state index contributed by atoms with van der Waals surface area (Å²) in [5.74, 6) is -0.257. The Morgan fingerprint density at radius 3 is 1.23 bits per heavy atom. The predicted molar refractivity (Wildman–Crippen MR) is 306 cm³/mol. The molecule has 9 aliphatic rings. The number of primary amides is 1. The number of amides is 2. The van der Waals surface area contributed by atoms with Crippen molar-refractivity contribution in [2.24, 2.45) is 11.7 Å². The van der Waals surface area contributed by atoms with Gasteiger partial charge >= 0.3 is 6.09 Å². The fourth-order valence-electron chi connectivity index (χ4n) is 13.5. The van der Waals surface area contributed by atoms with Crippen molar-refractivity contribution in [2.75, 3.05) is 151 Å². The van der Waals surface area contributed by atoms with Gasteiger partial charge in [0.1, 0.15) is 0 Å². The Bertz CT molecular complexity index is 1660. The molecule has 9 rings (SSSR count). The SMILES string of the molecule is C=C(C)N1CCN(C2CCCN(C(C)C)C2)CC1.CC(C)N1CCCC(N2CCC3(CC2)OCCO3)C1.CC(C)N1CCCC(N2CCCC(C(N)=O)C2)C1.CCOC(=O)N1CCN(C2CCCN(C(C)C)C2)CC1. The number of piperazine rings is 2. The van der Waals surface area contributed by atoms with Crippen molar-refractivity contribution >= 4 is 12.0 Å². The van der Waals surface area contributed by atoms with Crippen LogP contribution >= 0.6 is 0 Å². The third-order valence-electron chi connectivity index (χ3n) is 18.6. The van der Waals surface area contributed by atoms with Crippen LogP contribution in [-0.4, -0.2) is 266 Å². The third-order valence-corrected chi connectivity index (χ3v) is 18.6. The Morgan fingerprint density at radius 1 is 0.507 bits per heavy atom. The molecule has 5 unspecified atom stereocenters. The molecule has 0 aromatic rings. The van der Waals surface area contributed by atoms with E-state index in [1.54, 1.807) is 0 Å². The summed E-state index contributed by atoms with van der Waals surface area (Å²) in [6.45, 7) is 50.9. The van der Waals surface area contributed by atoms with Crippen molar-refractivity contribution in [3.05, 3.63) is 12.3 Å². The summed E-state index contributed by atoms with van der Waals surface area (Å²) in [4.78, 5) is 48.1. The van der Waals surface area contributed by atoms with Crippen LogP contribution in [0.3, 0.4) is 0 Å². The van der Waals surface area contributed by atoms with Crippen molar-refractivity contribution in [1.29, 1.82) is 0 Å². The van der Waals surface area contributed by atoms with Crippen LogP contribution in [0.25, 0.3) is 0 Å². The van der Waals surface area contributed by atoms with Crippen LogP contribution in [0.15, 0.2) is 12.3 Å². The molecule has 16 nitrogen and oxygen atoms in total. The van der Waals surface area contributed by atoms with Crippen molar-refractivity contribution < 1.29 is 23.8 Å². The number of ether oxygens (including phenoxy) is 3. The summed E-state index contributed by atoms with van der Waals surface area (Å²) in [6, 6.07) is 5.47. The maximum Gasteiger partial charge on any atom is 0.409 e. The van der Waals surface area contributed by atoms with Crippen LogP contribution in [0.2, 0.25) is 0 Å². The zero-order valence-electron chi connectivity index (χ0n) is 49.7. The number of hydrogen-bond donors (Lipinski definition) is 1. The van der Waals surface area contributed by atoms with Gasteiger partial charge in [0.05, 0.1) is 25.7 Å². The number of nitrogens with two attached hydrogens (primary N) is 1. The zero-order chi connectivity index (χ0) is 54.1. The average Bonchev–Trinajstić information content (AvgIpc) is 3.89. The monoisotopic (exact) mass is 1060 g/mol. The second-order valence-electron chi connectivity index (χ2n) is 24.9. The number of carbonyl (C=O) groups excluding carboxylic acids is 2. The van der Waals surface area contributed by atoms with Crippen LogP contribution in [-0.2, 0) is 19.0 Å². The molecule has 0 saturated carbocycles. The van der Waals surface area contributed by atoms with E-state index in [4.69, 9.17) is 19.9 Å². The van der Waals surface area contributed by atoms with Crippen LogP contribution < -0.4 is 5.73 Å². The van der Waals surface area contributed by atoms with E-state index in [1.165, 1.54) is 116 Å². The van der Waals surface area contributed by atoms with Crippen molar-refractivity contribution in [1.82, 2.24) is 49.0 Å². The van der Waals surface area contributed by atoms with Gasteiger partial charge in [-0.1, -0.05) is 6.58 Å². The fraction of sp³-hybridized carbons (Fsp3) is 0.932. The third kappa shape index (κ3) is 19.0. The standard InChI is InChI=1S/C15H29N3O2.C15H29N3.C15H28N2O2.C14H27N3O/c1-4-20-15(19)17-10-8-16(9-11-17)14-6-5-7-18(12-14)13(2)3;1-13(2)16-8-10-17(11-9-16)15-6-5-7-18(12-15)14(3)4;1-13(2)17-7-3-4-14(12-17)16-8-5-15(6-9-16)18-10-11-19-15;1-11(2)16-7-4-6-13(10-16)17-8-3-5-12(9-17)14(15)18/h13-14H,4-12H2,1-3H3;14-15H,1,5-12H2,2-4H3;13-14H,3-12H2,1-2H3;11-13H,3-10H2,1-2H3,(H2,15,18). The molecule has 2 amide bonds. The van der Waals surface area contributed by atoms with Gasteiger partial charge < -0.3 is 29.7 Å². The van der Waals surface area contributed by atoms with Gasteiger partial charge in [0.2, 0.25) is 5.91 Å². The second kappa shape index (κ2) is 31.0. The van der Waals surface area contributed by atoms with E-state index in [2.05, 4.69) is 113 Å². The van der Waals surface area contributed by atoms with Gasteiger partial charge in [-0.2, -0.15) is 0 Å². The lowest BCUT2D eigenvalue weighted by Gasteiger charge is -2.45. The number of hydrogen-bond acceptors (Lipinski definition) is 14. The van der Waals surface area contributed by atoms with E-state index in [0.717, 1.165) is 123 Å². The van der Waals surface area contributed by atoms with Gasteiger partial charge in [-0.05, 0) is 166 Å². The topological polar surface area (TPSA) is 120 Å². The molecule has 9 saturated heterocycles. The minimum atomic E-state index is -0.219. The molecule has 9 fully saturated rings. The molecule has 0 radical (unpaired) electrons. The highest BCUT2D eigenvalue weighted by Crippen LogP contribution is 2.33. The summed E-state index contributed by atoms with van der Waals surface area (Å²) >= 11 is 0. The lowest BCUT2D eigenvalue weighted by molar-refractivity contribution is -0.189. The second-order valence-corrected chi connectivity index (χ2v) is 24.9. The Balaban J connectivity index is 0.000000163. The normalized spacial score (nSPS) is 29.7. The van der Waals surface area contributed by atoms with Crippen LogP contribution in [0, 0.1) is 5.92 Å². The summed E-state index contributed by atoms with van der Waals surface area (Å²) in [5.41, 5.74) is 6.68. The molecule has 1 spiro atoms. The number of carbonyl (C=O) groups is 2. The van der Waals surface area contributed by atoms with Crippen LogP contribution in [0.1, 0.15) is 146 Å². The first kappa shape index (κ1) is 62.1. The summed E-state index contributed by atoms with van der Waals surface area (Å²) in [6.07, 6.45) is 14.6. The van der Waals surface area contributed by atoms with Gasteiger partial charge in [0.25, 0.3) is 0 Å². The number of nitrogens with zero attached hydrogens (tertiary/aromatic N) is 10. The molecule has 0 aromatic carbocycles. The Morgan fingerprint density at radius 2 is 0.867 bits per heavy atom. The number of piperidine rings is 6. The van der Waals surface area contributed by atoms with Crippen molar-refractivity contribution in [3.8, 4) is 0 Å². The number of rotatable bonds is 11. The van der Waals surface area contributed by atoms with Gasteiger partial charge in [-0.25, -0.2) is 4.79 Å². The van der Waals surface area contributed by atoms with Crippen molar-refractivity contribution in [3.63, 3.8) is 0 Å². The Kier molecular flexibility index (Phi) is 25.7. The summed E-state index contributed by atoms with van der Waals surface area (Å²) in [7, 11) is 0.